The van der Waals surface area contributed by atoms with E-state index in [2.05, 4.69) is 17.1 Å². The fraction of sp³-hybridized carbons (Fsp3) is 0.524. The Morgan fingerprint density at radius 1 is 1.21 bits per heavy atom. The zero-order valence-corrected chi connectivity index (χ0v) is 16.7. The van der Waals surface area contributed by atoms with Gasteiger partial charge in [0.2, 0.25) is 11.8 Å². The highest BCUT2D eigenvalue weighted by molar-refractivity contribution is 5.88. The summed E-state index contributed by atoms with van der Waals surface area (Å²) in [5.41, 5.74) is 1.61. The zero-order chi connectivity index (χ0) is 19.9. The second-order valence-electron chi connectivity index (χ2n) is 7.16. The molecule has 7 nitrogen and oxygen atoms in total. The summed E-state index contributed by atoms with van der Waals surface area (Å²) in [4.78, 5) is 28.6. The lowest BCUT2D eigenvalue weighted by Crippen LogP contribution is -2.51. The van der Waals surface area contributed by atoms with Crippen molar-refractivity contribution in [2.75, 3.05) is 46.4 Å². The lowest BCUT2D eigenvalue weighted by molar-refractivity contribution is -0.132. The lowest BCUT2D eigenvalue weighted by atomic mass is 10.1. The van der Waals surface area contributed by atoms with Gasteiger partial charge in [-0.05, 0) is 18.6 Å². The summed E-state index contributed by atoms with van der Waals surface area (Å²) in [5, 5.41) is 3.88. The molecule has 1 aliphatic rings. The van der Waals surface area contributed by atoms with Gasteiger partial charge in [-0.25, -0.2) is 0 Å². The van der Waals surface area contributed by atoms with Crippen molar-refractivity contribution in [3.05, 3.63) is 30.0 Å². The van der Waals surface area contributed by atoms with Gasteiger partial charge in [-0.3, -0.25) is 14.5 Å². The SMILES string of the molecule is CCCCNC(=O)CN1CCN(C(=O)Cc2coc3cc(OC)ccc23)CC1. The van der Waals surface area contributed by atoms with Gasteiger partial charge >= 0.3 is 0 Å². The molecule has 1 aromatic heterocycles. The molecular weight excluding hydrogens is 358 g/mol. The summed E-state index contributed by atoms with van der Waals surface area (Å²) in [5.74, 6) is 0.883. The van der Waals surface area contributed by atoms with Gasteiger partial charge in [0.15, 0.2) is 0 Å². The van der Waals surface area contributed by atoms with Gasteiger partial charge in [0.05, 0.1) is 26.3 Å². The number of hydrogen-bond acceptors (Lipinski definition) is 5. The van der Waals surface area contributed by atoms with Crippen LogP contribution in [0.3, 0.4) is 0 Å². The quantitative estimate of drug-likeness (QED) is 0.702. The highest BCUT2D eigenvalue weighted by Crippen LogP contribution is 2.26. The molecule has 0 aliphatic carbocycles. The van der Waals surface area contributed by atoms with E-state index in [1.54, 1.807) is 13.4 Å². The molecule has 1 fully saturated rings. The van der Waals surface area contributed by atoms with Crippen molar-refractivity contribution in [1.82, 2.24) is 15.1 Å². The molecule has 2 aromatic rings. The molecule has 1 saturated heterocycles. The van der Waals surface area contributed by atoms with Crippen LogP contribution in [0.5, 0.6) is 5.75 Å². The highest BCUT2D eigenvalue weighted by Gasteiger charge is 2.23. The van der Waals surface area contributed by atoms with E-state index in [9.17, 15) is 9.59 Å². The van der Waals surface area contributed by atoms with Crippen molar-refractivity contribution in [3.63, 3.8) is 0 Å². The molecule has 1 N–H and O–H groups in total. The minimum atomic E-state index is 0.0634. The van der Waals surface area contributed by atoms with E-state index in [0.717, 1.165) is 54.8 Å². The third kappa shape index (κ3) is 5.04. The minimum absolute atomic E-state index is 0.0634. The van der Waals surface area contributed by atoms with Crippen LogP contribution in [0.1, 0.15) is 25.3 Å². The number of benzene rings is 1. The number of hydrogen-bond donors (Lipinski definition) is 1. The molecule has 0 bridgehead atoms. The van der Waals surface area contributed by atoms with E-state index >= 15 is 0 Å². The Bertz CT molecular complexity index is 809. The molecule has 7 heteroatoms. The Morgan fingerprint density at radius 2 is 2.00 bits per heavy atom. The number of carbonyl (C=O) groups is 2. The molecule has 1 aromatic carbocycles. The summed E-state index contributed by atoms with van der Waals surface area (Å²) in [6, 6.07) is 5.62. The van der Waals surface area contributed by atoms with Crippen LogP contribution in [0.15, 0.2) is 28.9 Å². The van der Waals surface area contributed by atoms with E-state index in [-0.39, 0.29) is 11.8 Å². The number of nitrogens with one attached hydrogen (secondary N) is 1. The Labute approximate surface area is 165 Å². The smallest absolute Gasteiger partial charge is 0.234 e. The first kappa shape index (κ1) is 20.2. The fourth-order valence-electron chi connectivity index (χ4n) is 3.42. The van der Waals surface area contributed by atoms with Gasteiger partial charge in [0.25, 0.3) is 0 Å². The normalized spacial score (nSPS) is 15.0. The Morgan fingerprint density at radius 3 is 2.71 bits per heavy atom. The van der Waals surface area contributed by atoms with Gasteiger partial charge in [-0.1, -0.05) is 13.3 Å². The van der Waals surface area contributed by atoms with Crippen molar-refractivity contribution in [2.45, 2.75) is 26.2 Å². The van der Waals surface area contributed by atoms with E-state index in [1.165, 1.54) is 0 Å². The number of piperazine rings is 1. The topological polar surface area (TPSA) is 75.0 Å². The third-order valence-electron chi connectivity index (χ3n) is 5.15. The second-order valence-corrected chi connectivity index (χ2v) is 7.16. The van der Waals surface area contributed by atoms with Crippen molar-refractivity contribution >= 4 is 22.8 Å². The Kier molecular flexibility index (Phi) is 6.92. The summed E-state index contributed by atoms with van der Waals surface area (Å²) >= 11 is 0. The lowest BCUT2D eigenvalue weighted by Gasteiger charge is -2.34. The van der Waals surface area contributed by atoms with Crippen LogP contribution in [0, 0.1) is 0 Å². The average molecular weight is 387 g/mol. The van der Waals surface area contributed by atoms with Crippen LogP contribution in [0.25, 0.3) is 11.0 Å². The molecule has 2 heterocycles. The number of rotatable bonds is 8. The zero-order valence-electron chi connectivity index (χ0n) is 16.7. The largest absolute Gasteiger partial charge is 0.497 e. The monoisotopic (exact) mass is 387 g/mol. The summed E-state index contributed by atoms with van der Waals surface area (Å²) in [6.45, 7) is 5.96. The van der Waals surface area contributed by atoms with Crippen LogP contribution in [0.2, 0.25) is 0 Å². The Hall–Kier alpha value is -2.54. The van der Waals surface area contributed by atoms with Crippen LogP contribution in [0.4, 0.5) is 0 Å². The van der Waals surface area contributed by atoms with Crippen LogP contribution in [-0.2, 0) is 16.0 Å². The maximum absolute atomic E-state index is 12.7. The highest BCUT2D eigenvalue weighted by atomic mass is 16.5. The van der Waals surface area contributed by atoms with Gasteiger partial charge in [0, 0.05) is 49.7 Å². The number of fused-ring (bicyclic) bond motifs is 1. The second kappa shape index (κ2) is 9.59. The number of amides is 2. The number of unbranched alkanes of at least 4 members (excludes halogenated alkanes) is 1. The molecule has 3 rings (SSSR count). The predicted octanol–water partition coefficient (Wildman–Crippen LogP) is 2.04. The molecule has 0 saturated carbocycles. The molecule has 152 valence electrons. The molecular formula is C21H29N3O4. The molecule has 0 atom stereocenters. The molecule has 28 heavy (non-hydrogen) atoms. The first-order chi connectivity index (χ1) is 13.6. The molecule has 0 spiro atoms. The van der Waals surface area contributed by atoms with Crippen molar-refractivity contribution in [3.8, 4) is 5.75 Å². The summed E-state index contributed by atoms with van der Waals surface area (Å²) in [7, 11) is 1.61. The number of methoxy groups -OCH3 is 1. The van der Waals surface area contributed by atoms with Crippen molar-refractivity contribution in [1.29, 1.82) is 0 Å². The van der Waals surface area contributed by atoms with E-state index in [4.69, 9.17) is 9.15 Å². The average Bonchev–Trinajstić information content (AvgIpc) is 3.10. The minimum Gasteiger partial charge on any atom is -0.497 e. The maximum atomic E-state index is 12.7. The summed E-state index contributed by atoms with van der Waals surface area (Å²) < 4.78 is 10.8. The third-order valence-corrected chi connectivity index (χ3v) is 5.15. The molecule has 0 unspecified atom stereocenters. The van der Waals surface area contributed by atoms with Crippen molar-refractivity contribution in [2.24, 2.45) is 0 Å². The molecule has 0 radical (unpaired) electrons. The molecule has 1 aliphatic heterocycles. The van der Waals surface area contributed by atoms with Crippen LogP contribution < -0.4 is 10.1 Å². The first-order valence-electron chi connectivity index (χ1n) is 9.91. The fourth-order valence-corrected chi connectivity index (χ4v) is 3.42. The van der Waals surface area contributed by atoms with Gasteiger partial charge in [-0.15, -0.1) is 0 Å². The first-order valence-corrected chi connectivity index (χ1v) is 9.91. The van der Waals surface area contributed by atoms with E-state index < -0.39 is 0 Å². The number of nitrogens with zero attached hydrogens (tertiary/aromatic N) is 2. The summed E-state index contributed by atoms with van der Waals surface area (Å²) in [6.07, 6.45) is 4.04. The number of ether oxygens (including phenoxy) is 1. The van der Waals surface area contributed by atoms with Gasteiger partial charge in [0.1, 0.15) is 11.3 Å². The molecule has 2 amide bonds. The number of furan rings is 1. The standard InChI is InChI=1S/C21H29N3O4/c1-3-4-7-22-20(25)14-23-8-10-24(11-9-23)21(26)12-16-15-28-19-13-17(27-2)5-6-18(16)19/h5-6,13,15H,3-4,7-12,14H2,1-2H3,(H,22,25). The van der Waals surface area contributed by atoms with E-state index in [0.29, 0.717) is 26.1 Å². The maximum Gasteiger partial charge on any atom is 0.234 e. The van der Waals surface area contributed by atoms with Gasteiger partial charge < -0.3 is 19.4 Å². The van der Waals surface area contributed by atoms with Crippen LogP contribution in [-0.4, -0.2) is 68.0 Å². The number of carbonyl (C=O) groups excluding carboxylic acids is 2. The predicted molar refractivity (Wildman–Crippen MR) is 107 cm³/mol. The van der Waals surface area contributed by atoms with E-state index in [1.807, 2.05) is 23.1 Å². The van der Waals surface area contributed by atoms with Crippen LogP contribution >= 0.6 is 0 Å². The Balaban J connectivity index is 1.48. The van der Waals surface area contributed by atoms with Gasteiger partial charge in [-0.2, -0.15) is 0 Å². The van der Waals surface area contributed by atoms with Crippen molar-refractivity contribution < 1.29 is 18.7 Å².